The van der Waals surface area contributed by atoms with Gasteiger partial charge in [-0.1, -0.05) is 53.0 Å². The van der Waals surface area contributed by atoms with Gasteiger partial charge in [0.15, 0.2) is 0 Å². The van der Waals surface area contributed by atoms with E-state index in [4.69, 9.17) is 27.9 Å². The minimum atomic E-state index is -4.25. The number of methoxy groups -OCH3 is 1. The highest BCUT2D eigenvalue weighted by Gasteiger charge is 2.33. The maximum Gasteiger partial charge on any atom is 0.264 e. The summed E-state index contributed by atoms with van der Waals surface area (Å²) < 4.78 is 33.9. The third kappa shape index (κ3) is 7.44. The SMILES string of the molecule is CCNC(=O)[C@H](C)N(Cc1ccc(OC)cc1)C(=O)CN(c1cc(Cl)ccc1Cl)S(=O)(=O)c1ccc(C)cc1. The van der Waals surface area contributed by atoms with E-state index in [1.165, 1.54) is 35.2 Å². The van der Waals surface area contributed by atoms with Crippen LogP contribution in [0.5, 0.6) is 5.75 Å². The topological polar surface area (TPSA) is 96.0 Å². The van der Waals surface area contributed by atoms with Crippen molar-refractivity contribution in [2.24, 2.45) is 0 Å². The van der Waals surface area contributed by atoms with Crippen LogP contribution < -0.4 is 14.4 Å². The second-order valence-electron chi connectivity index (χ2n) is 8.86. The number of amides is 2. The van der Waals surface area contributed by atoms with Crippen molar-refractivity contribution < 1.29 is 22.7 Å². The maximum absolute atomic E-state index is 13.9. The van der Waals surface area contributed by atoms with E-state index in [0.717, 1.165) is 15.4 Å². The summed E-state index contributed by atoms with van der Waals surface area (Å²) in [6, 6.07) is 16.8. The zero-order chi connectivity index (χ0) is 28.7. The van der Waals surface area contributed by atoms with Gasteiger partial charge >= 0.3 is 0 Å². The lowest BCUT2D eigenvalue weighted by molar-refractivity contribution is -0.139. The fourth-order valence-corrected chi connectivity index (χ4v) is 5.72. The Morgan fingerprint density at radius 3 is 2.23 bits per heavy atom. The number of sulfonamides is 1. The first-order valence-corrected chi connectivity index (χ1v) is 14.4. The first-order valence-electron chi connectivity index (χ1n) is 12.2. The molecule has 1 atom stereocenters. The molecule has 0 saturated heterocycles. The lowest BCUT2D eigenvalue weighted by Crippen LogP contribution is -2.51. The molecule has 0 aliphatic rings. The predicted molar refractivity (Wildman–Crippen MR) is 154 cm³/mol. The van der Waals surface area contributed by atoms with E-state index in [1.807, 2.05) is 6.92 Å². The molecule has 3 aromatic carbocycles. The summed E-state index contributed by atoms with van der Waals surface area (Å²) in [7, 11) is -2.70. The third-order valence-corrected chi connectivity index (χ3v) is 8.42. The standard InChI is InChI=1S/C28H31Cl2N3O5S/c1-5-31-28(35)20(3)32(17-21-8-11-23(38-4)12-9-21)27(34)18-33(26-16-22(29)10-15-25(26)30)39(36,37)24-13-6-19(2)7-14-24/h6-16,20H,5,17-18H2,1-4H3,(H,31,35)/t20-/m0/s1. The van der Waals surface area contributed by atoms with Crippen LogP contribution in [0, 0.1) is 6.92 Å². The van der Waals surface area contributed by atoms with Crippen molar-refractivity contribution in [1.29, 1.82) is 0 Å². The number of benzene rings is 3. The van der Waals surface area contributed by atoms with Crippen LogP contribution >= 0.6 is 23.2 Å². The van der Waals surface area contributed by atoms with Gasteiger partial charge in [0, 0.05) is 18.1 Å². The molecule has 0 fully saturated rings. The van der Waals surface area contributed by atoms with Gasteiger partial charge in [-0.2, -0.15) is 0 Å². The summed E-state index contributed by atoms with van der Waals surface area (Å²) in [5.74, 6) is -0.330. The van der Waals surface area contributed by atoms with Crippen LogP contribution in [0.4, 0.5) is 5.69 Å². The number of carbonyl (C=O) groups is 2. The van der Waals surface area contributed by atoms with Crippen molar-refractivity contribution in [3.8, 4) is 5.75 Å². The Hall–Kier alpha value is -3.27. The van der Waals surface area contributed by atoms with Gasteiger partial charge in [-0.25, -0.2) is 8.42 Å². The molecule has 1 N–H and O–H groups in total. The van der Waals surface area contributed by atoms with Crippen LogP contribution in [0.1, 0.15) is 25.0 Å². The summed E-state index contributed by atoms with van der Waals surface area (Å²) >= 11 is 12.6. The van der Waals surface area contributed by atoms with E-state index >= 15 is 0 Å². The predicted octanol–water partition coefficient (Wildman–Crippen LogP) is 5.06. The molecule has 0 bridgehead atoms. The minimum Gasteiger partial charge on any atom is -0.497 e. The van der Waals surface area contributed by atoms with Gasteiger partial charge in [0.05, 0.1) is 22.7 Å². The zero-order valence-corrected chi connectivity index (χ0v) is 24.5. The van der Waals surface area contributed by atoms with Crippen molar-refractivity contribution in [2.75, 3.05) is 24.5 Å². The fraction of sp³-hybridized carbons (Fsp3) is 0.286. The van der Waals surface area contributed by atoms with Crippen LogP contribution in [0.2, 0.25) is 10.0 Å². The van der Waals surface area contributed by atoms with Gasteiger partial charge in [0.25, 0.3) is 10.0 Å². The third-order valence-electron chi connectivity index (χ3n) is 6.09. The summed E-state index contributed by atoms with van der Waals surface area (Å²) in [5, 5.41) is 3.07. The van der Waals surface area contributed by atoms with Gasteiger partial charge < -0.3 is 15.0 Å². The van der Waals surface area contributed by atoms with E-state index < -0.39 is 28.5 Å². The quantitative estimate of drug-likeness (QED) is 0.336. The first kappa shape index (κ1) is 30.3. The summed E-state index contributed by atoms with van der Waals surface area (Å²) in [6.45, 7) is 5.03. The lowest BCUT2D eigenvalue weighted by Gasteiger charge is -2.32. The van der Waals surface area contributed by atoms with Crippen LogP contribution in [0.15, 0.2) is 71.6 Å². The average Bonchev–Trinajstić information content (AvgIpc) is 2.92. The molecule has 39 heavy (non-hydrogen) atoms. The molecule has 0 aliphatic carbocycles. The molecule has 0 saturated carbocycles. The van der Waals surface area contributed by atoms with Crippen LogP contribution in [0.25, 0.3) is 0 Å². The molecule has 11 heteroatoms. The summed E-state index contributed by atoms with van der Waals surface area (Å²) in [5.41, 5.74) is 1.65. The Kier molecular flexibility index (Phi) is 10.2. The first-order chi connectivity index (χ1) is 18.5. The van der Waals surface area contributed by atoms with Crippen molar-refractivity contribution >= 4 is 50.7 Å². The number of halogens is 2. The number of rotatable bonds is 11. The number of nitrogens with one attached hydrogen (secondary N) is 1. The van der Waals surface area contributed by atoms with Gasteiger partial charge in [0.2, 0.25) is 11.8 Å². The fourth-order valence-electron chi connectivity index (χ4n) is 3.86. The molecule has 8 nitrogen and oxygen atoms in total. The lowest BCUT2D eigenvalue weighted by atomic mass is 10.1. The molecule has 0 unspecified atom stereocenters. The van der Waals surface area contributed by atoms with E-state index in [1.54, 1.807) is 57.4 Å². The smallest absolute Gasteiger partial charge is 0.264 e. The van der Waals surface area contributed by atoms with E-state index in [9.17, 15) is 18.0 Å². The number of likely N-dealkylation sites (N-methyl/N-ethyl adjacent to an activating group) is 1. The normalized spacial score (nSPS) is 11.9. The second-order valence-corrected chi connectivity index (χ2v) is 11.6. The molecule has 2 amide bonds. The van der Waals surface area contributed by atoms with Crippen molar-refractivity contribution in [3.05, 3.63) is 87.9 Å². The average molecular weight is 593 g/mol. The highest BCUT2D eigenvalue weighted by molar-refractivity contribution is 7.92. The van der Waals surface area contributed by atoms with Crippen LogP contribution in [-0.2, 0) is 26.2 Å². The van der Waals surface area contributed by atoms with Gasteiger partial charge in [-0.3, -0.25) is 13.9 Å². The number of hydrogen-bond acceptors (Lipinski definition) is 5. The van der Waals surface area contributed by atoms with E-state index in [2.05, 4.69) is 5.32 Å². The maximum atomic E-state index is 13.9. The number of anilines is 1. The number of carbonyl (C=O) groups excluding carboxylic acids is 2. The number of nitrogens with zero attached hydrogens (tertiary/aromatic N) is 2. The number of hydrogen-bond donors (Lipinski definition) is 1. The van der Waals surface area contributed by atoms with Gasteiger partial charge in [-0.15, -0.1) is 0 Å². The molecular weight excluding hydrogens is 561 g/mol. The van der Waals surface area contributed by atoms with E-state index in [0.29, 0.717) is 12.3 Å². The van der Waals surface area contributed by atoms with E-state index in [-0.39, 0.29) is 33.1 Å². The molecule has 0 radical (unpaired) electrons. The van der Waals surface area contributed by atoms with Crippen LogP contribution in [0.3, 0.4) is 0 Å². The highest BCUT2D eigenvalue weighted by Crippen LogP contribution is 2.33. The Morgan fingerprint density at radius 1 is 1.00 bits per heavy atom. The second kappa shape index (κ2) is 13.2. The monoisotopic (exact) mass is 591 g/mol. The molecular formula is C28H31Cl2N3O5S. The molecule has 3 rings (SSSR count). The highest BCUT2D eigenvalue weighted by atomic mass is 35.5. The Labute approximate surface area is 239 Å². The van der Waals surface area contributed by atoms with Crippen molar-refractivity contribution in [2.45, 2.75) is 38.3 Å². The van der Waals surface area contributed by atoms with Gasteiger partial charge in [0.1, 0.15) is 18.3 Å². The summed E-state index contributed by atoms with van der Waals surface area (Å²) in [4.78, 5) is 28.0. The molecule has 0 aromatic heterocycles. The Bertz CT molecular complexity index is 1410. The molecule has 3 aromatic rings. The summed E-state index contributed by atoms with van der Waals surface area (Å²) in [6.07, 6.45) is 0. The van der Waals surface area contributed by atoms with Crippen molar-refractivity contribution in [3.63, 3.8) is 0 Å². The Balaban J connectivity index is 2.06. The van der Waals surface area contributed by atoms with Gasteiger partial charge in [-0.05, 0) is 68.8 Å². The Morgan fingerprint density at radius 2 is 1.64 bits per heavy atom. The molecule has 0 heterocycles. The zero-order valence-electron chi connectivity index (χ0n) is 22.1. The minimum absolute atomic E-state index is 0.0181. The largest absolute Gasteiger partial charge is 0.497 e. The molecule has 0 aliphatic heterocycles. The number of aryl methyl sites for hydroxylation is 1. The molecule has 0 spiro atoms. The van der Waals surface area contributed by atoms with Crippen molar-refractivity contribution in [1.82, 2.24) is 10.2 Å². The molecule has 208 valence electrons. The van der Waals surface area contributed by atoms with Crippen LogP contribution in [-0.4, -0.2) is 51.4 Å². The number of ether oxygens (including phenoxy) is 1.